The number of carbonyl (C=O) groups is 1. The van der Waals surface area contributed by atoms with E-state index in [-0.39, 0.29) is 11.1 Å². The molecule has 0 aromatic rings. The van der Waals surface area contributed by atoms with E-state index in [1.165, 1.54) is 103 Å². The predicted molar refractivity (Wildman–Crippen MR) is 145 cm³/mol. The summed E-state index contributed by atoms with van der Waals surface area (Å²) >= 11 is 0. The molecule has 0 atom stereocenters. The van der Waals surface area contributed by atoms with Crippen molar-refractivity contribution in [3.8, 4) is 0 Å². The topological polar surface area (TPSA) is 49.8 Å². The zero-order chi connectivity index (χ0) is 25.3. The Balaban J connectivity index is 1.95. The first-order valence-corrected chi connectivity index (χ1v) is 14.8. The molecule has 0 aliphatic carbocycles. The molecule has 1 N–H and O–H groups in total. The molecule has 202 valence electrons. The highest BCUT2D eigenvalue weighted by atomic mass is 16.7. The lowest BCUT2D eigenvalue weighted by molar-refractivity contribution is -0.288. The van der Waals surface area contributed by atoms with E-state index in [0.717, 1.165) is 31.8 Å². The highest BCUT2D eigenvalue weighted by Gasteiger charge is 2.46. The number of hydroxylamine groups is 2. The number of piperidine rings is 1. The quantitative estimate of drug-likeness (QED) is 0.166. The van der Waals surface area contributed by atoms with Crippen LogP contribution in [0.3, 0.4) is 0 Å². The van der Waals surface area contributed by atoms with Gasteiger partial charge in [0.25, 0.3) is 0 Å². The van der Waals surface area contributed by atoms with Gasteiger partial charge in [-0.2, -0.15) is 5.06 Å². The average molecular weight is 482 g/mol. The molecule has 4 nitrogen and oxygen atoms in total. The number of rotatable bonds is 21. The van der Waals surface area contributed by atoms with Crippen LogP contribution in [-0.4, -0.2) is 33.8 Å². The van der Waals surface area contributed by atoms with E-state index in [1.54, 1.807) is 0 Å². The van der Waals surface area contributed by atoms with E-state index < -0.39 is 5.97 Å². The Hall–Kier alpha value is -0.610. The van der Waals surface area contributed by atoms with Gasteiger partial charge >= 0.3 is 5.97 Å². The van der Waals surface area contributed by atoms with Gasteiger partial charge in [0.15, 0.2) is 0 Å². The average Bonchev–Trinajstić information content (AvgIpc) is 2.74. The molecule has 0 spiro atoms. The van der Waals surface area contributed by atoms with Crippen LogP contribution < -0.4 is 0 Å². The van der Waals surface area contributed by atoms with Gasteiger partial charge in [-0.15, -0.1) is 0 Å². The molecule has 0 aromatic heterocycles. The van der Waals surface area contributed by atoms with Crippen LogP contribution in [-0.2, 0) is 9.63 Å². The smallest absolute Gasteiger partial charge is 0.303 e. The normalized spacial score (nSPS) is 18.4. The van der Waals surface area contributed by atoms with Gasteiger partial charge in [0.2, 0.25) is 0 Å². The van der Waals surface area contributed by atoms with Crippen molar-refractivity contribution in [2.45, 2.75) is 174 Å². The molecule has 1 heterocycles. The van der Waals surface area contributed by atoms with Crippen molar-refractivity contribution in [1.82, 2.24) is 5.06 Å². The summed E-state index contributed by atoms with van der Waals surface area (Å²) in [6, 6.07) is 0. The molecule has 1 aliphatic rings. The summed E-state index contributed by atoms with van der Waals surface area (Å²) in [5, 5.41) is 10.9. The number of carboxylic acid groups (broad SMARTS) is 1. The van der Waals surface area contributed by atoms with Crippen LogP contribution in [0, 0.1) is 5.92 Å². The molecular weight excluding hydrogens is 422 g/mol. The van der Waals surface area contributed by atoms with Crippen LogP contribution in [0.25, 0.3) is 0 Å². The number of aliphatic carboxylic acids is 1. The fourth-order valence-corrected chi connectivity index (χ4v) is 6.21. The lowest BCUT2D eigenvalue weighted by Crippen LogP contribution is -2.60. The van der Waals surface area contributed by atoms with Crippen molar-refractivity contribution in [2.24, 2.45) is 5.92 Å². The minimum Gasteiger partial charge on any atom is -0.481 e. The van der Waals surface area contributed by atoms with E-state index >= 15 is 0 Å². The zero-order valence-corrected chi connectivity index (χ0v) is 23.6. The standard InChI is InChI=1S/C30H59NO3/c1-6-24-34-31-29(2,3)25-27(26-30(31,4)5)22-20-18-16-14-12-10-8-7-9-11-13-15-17-19-21-23-28(32)33/h27H,6-26H2,1-5H3,(H,32,33). The Labute approximate surface area is 212 Å². The Bertz CT molecular complexity index is 499. The molecule has 0 amide bonds. The maximum absolute atomic E-state index is 10.5. The lowest BCUT2D eigenvalue weighted by Gasteiger charge is -2.54. The molecule has 34 heavy (non-hydrogen) atoms. The van der Waals surface area contributed by atoms with Crippen molar-refractivity contribution in [1.29, 1.82) is 0 Å². The van der Waals surface area contributed by atoms with E-state index in [4.69, 9.17) is 9.94 Å². The largest absolute Gasteiger partial charge is 0.481 e. The number of carboxylic acids is 1. The number of nitrogens with zero attached hydrogens (tertiary/aromatic N) is 1. The second-order valence-corrected chi connectivity index (χ2v) is 12.3. The second-order valence-electron chi connectivity index (χ2n) is 12.3. The molecule has 1 saturated heterocycles. The summed E-state index contributed by atoms with van der Waals surface area (Å²) in [6.07, 6.45) is 25.0. The summed E-state index contributed by atoms with van der Waals surface area (Å²) in [6.45, 7) is 12.5. The molecule has 4 heteroatoms. The Kier molecular flexibility index (Phi) is 16.4. The van der Waals surface area contributed by atoms with Gasteiger partial charge in [-0.05, 0) is 59.3 Å². The fraction of sp³-hybridized carbons (Fsp3) is 0.967. The van der Waals surface area contributed by atoms with E-state index in [0.29, 0.717) is 6.42 Å². The first kappa shape index (κ1) is 31.4. The summed E-state index contributed by atoms with van der Waals surface area (Å²) in [5.41, 5.74) is 0.257. The van der Waals surface area contributed by atoms with Crippen LogP contribution in [0.1, 0.15) is 163 Å². The van der Waals surface area contributed by atoms with Gasteiger partial charge in [-0.3, -0.25) is 9.63 Å². The van der Waals surface area contributed by atoms with E-state index in [1.807, 2.05) is 0 Å². The van der Waals surface area contributed by atoms with Crippen molar-refractivity contribution in [3.05, 3.63) is 0 Å². The summed E-state index contributed by atoms with van der Waals surface area (Å²) in [7, 11) is 0. The third-order valence-corrected chi connectivity index (χ3v) is 7.60. The summed E-state index contributed by atoms with van der Waals surface area (Å²) in [5.74, 6) is 0.175. The minimum atomic E-state index is -0.655. The number of hydrogen-bond acceptors (Lipinski definition) is 3. The highest BCUT2D eigenvalue weighted by Crippen LogP contribution is 2.43. The van der Waals surface area contributed by atoms with Crippen molar-refractivity contribution in [3.63, 3.8) is 0 Å². The van der Waals surface area contributed by atoms with Gasteiger partial charge in [-0.25, -0.2) is 0 Å². The molecular formula is C30H59NO3. The molecule has 1 aliphatic heterocycles. The van der Waals surface area contributed by atoms with E-state index in [9.17, 15) is 4.79 Å². The first-order valence-electron chi connectivity index (χ1n) is 14.8. The molecule has 0 aromatic carbocycles. The SMILES string of the molecule is CCCON1C(C)(C)CC(CCCCCCCCCCCCCCCCCC(=O)O)CC1(C)C. The van der Waals surface area contributed by atoms with Crippen LogP contribution in [0.5, 0.6) is 0 Å². The van der Waals surface area contributed by atoms with Crippen molar-refractivity contribution < 1.29 is 14.7 Å². The zero-order valence-electron chi connectivity index (χ0n) is 23.6. The Morgan fingerprint density at radius 3 is 1.50 bits per heavy atom. The maximum atomic E-state index is 10.5. The van der Waals surface area contributed by atoms with Crippen LogP contribution >= 0.6 is 0 Å². The molecule has 0 radical (unpaired) electrons. The monoisotopic (exact) mass is 481 g/mol. The lowest BCUT2D eigenvalue weighted by atomic mass is 9.73. The first-order chi connectivity index (χ1) is 16.2. The predicted octanol–water partition coefficient (Wildman–Crippen LogP) is 9.31. The van der Waals surface area contributed by atoms with E-state index in [2.05, 4.69) is 39.7 Å². The van der Waals surface area contributed by atoms with Crippen LogP contribution in [0.2, 0.25) is 0 Å². The fourth-order valence-electron chi connectivity index (χ4n) is 6.21. The van der Waals surface area contributed by atoms with Gasteiger partial charge in [0.05, 0.1) is 6.61 Å². The van der Waals surface area contributed by atoms with Crippen LogP contribution in [0.4, 0.5) is 0 Å². The molecule has 0 bridgehead atoms. The summed E-state index contributed by atoms with van der Waals surface area (Å²) < 4.78 is 0. The van der Waals surface area contributed by atoms with Gasteiger partial charge < -0.3 is 5.11 Å². The Morgan fingerprint density at radius 1 is 0.735 bits per heavy atom. The third-order valence-electron chi connectivity index (χ3n) is 7.60. The van der Waals surface area contributed by atoms with Crippen molar-refractivity contribution >= 4 is 5.97 Å². The molecule has 0 saturated carbocycles. The maximum Gasteiger partial charge on any atom is 0.303 e. The molecule has 1 fully saturated rings. The highest BCUT2D eigenvalue weighted by molar-refractivity contribution is 5.66. The molecule has 1 rings (SSSR count). The molecule has 0 unspecified atom stereocenters. The second kappa shape index (κ2) is 17.8. The third kappa shape index (κ3) is 14.1. The summed E-state index contributed by atoms with van der Waals surface area (Å²) in [4.78, 5) is 16.6. The van der Waals surface area contributed by atoms with Crippen LogP contribution in [0.15, 0.2) is 0 Å². The van der Waals surface area contributed by atoms with Gasteiger partial charge in [0.1, 0.15) is 0 Å². The minimum absolute atomic E-state index is 0.129. The number of unbranched alkanes of at least 4 members (excludes halogenated alkanes) is 14. The Morgan fingerprint density at radius 2 is 1.12 bits per heavy atom. The van der Waals surface area contributed by atoms with Gasteiger partial charge in [0, 0.05) is 17.5 Å². The van der Waals surface area contributed by atoms with Crippen molar-refractivity contribution in [2.75, 3.05) is 6.61 Å². The van der Waals surface area contributed by atoms with Gasteiger partial charge in [-0.1, -0.05) is 103 Å². The number of hydrogen-bond donors (Lipinski definition) is 1.